The number of quaternary nitrogens is 1. The highest BCUT2D eigenvalue weighted by molar-refractivity contribution is 6.88. The molecule has 0 bridgehead atoms. The molecule has 1 aliphatic carbocycles. The first kappa shape index (κ1) is 12.7. The van der Waals surface area contributed by atoms with Gasteiger partial charge in [0.1, 0.15) is 6.04 Å². The highest BCUT2D eigenvalue weighted by Crippen LogP contribution is 2.36. The van der Waals surface area contributed by atoms with Crippen molar-refractivity contribution in [1.82, 2.24) is 4.57 Å². The average Bonchev–Trinajstić information content (AvgIpc) is 2.75. The van der Waals surface area contributed by atoms with Crippen molar-refractivity contribution in [2.24, 2.45) is 0 Å². The summed E-state index contributed by atoms with van der Waals surface area (Å²) < 4.78 is 2.63. The Morgan fingerprint density at radius 2 is 2.10 bits per heavy atom. The van der Waals surface area contributed by atoms with Gasteiger partial charge in [0, 0.05) is 17.3 Å². The fraction of sp³-hybridized carbons (Fsp3) is 0.529. The van der Waals surface area contributed by atoms with Crippen LogP contribution in [0.2, 0.25) is 19.6 Å². The Kier molecular flexibility index (Phi) is 2.67. The molecule has 1 aromatic carbocycles. The van der Waals surface area contributed by atoms with Gasteiger partial charge in [0.15, 0.2) is 0 Å². The Hall–Kier alpha value is -1.06. The van der Waals surface area contributed by atoms with Crippen molar-refractivity contribution in [2.75, 3.05) is 6.54 Å². The van der Waals surface area contributed by atoms with E-state index in [1.807, 2.05) is 0 Å². The first-order chi connectivity index (χ1) is 9.55. The van der Waals surface area contributed by atoms with Crippen LogP contribution in [0.15, 0.2) is 18.2 Å². The lowest BCUT2D eigenvalue weighted by Crippen LogP contribution is -2.88. The lowest BCUT2D eigenvalue weighted by molar-refractivity contribution is -0.704. The Bertz CT molecular complexity index is 676. The van der Waals surface area contributed by atoms with E-state index < -0.39 is 8.07 Å². The number of nitrogens with two attached hydrogens (primary N) is 1. The van der Waals surface area contributed by atoms with E-state index in [1.54, 1.807) is 21.8 Å². The molecule has 1 aliphatic heterocycles. The summed E-state index contributed by atoms with van der Waals surface area (Å²) in [6.45, 7) is 9.79. The summed E-state index contributed by atoms with van der Waals surface area (Å²) in [4.78, 5) is 0. The zero-order chi connectivity index (χ0) is 13.9. The minimum absolute atomic E-state index is 0.732. The molecule has 1 unspecified atom stereocenters. The molecule has 2 N–H and O–H groups in total. The van der Waals surface area contributed by atoms with E-state index in [1.165, 1.54) is 37.9 Å². The average molecular weight is 285 g/mol. The van der Waals surface area contributed by atoms with Crippen molar-refractivity contribution in [3.8, 4) is 0 Å². The summed E-state index contributed by atoms with van der Waals surface area (Å²) in [6.07, 6.45) is 4.02. The standard InChI is InChI=1S/C17H24N2Si/c1-20(2,3)12-7-8-16-14(11-12)13-5-4-6-15-17(13)19(16)10-9-18-15/h7-8,11,15,18H,4-6,9-10H2,1-3H3/p+1. The zero-order valence-electron chi connectivity index (χ0n) is 12.9. The SMILES string of the molecule is C[Si](C)(C)c1ccc2c(c1)c1c3n2CC[NH2+]C3CCC1. The fourth-order valence-electron chi connectivity index (χ4n) is 4.11. The minimum Gasteiger partial charge on any atom is -0.337 e. The van der Waals surface area contributed by atoms with Gasteiger partial charge in [-0.15, -0.1) is 0 Å². The number of aromatic nitrogens is 1. The van der Waals surface area contributed by atoms with Gasteiger partial charge >= 0.3 is 0 Å². The normalized spacial score (nSPS) is 22.1. The second-order valence-electron chi connectivity index (χ2n) is 7.52. The lowest BCUT2D eigenvalue weighted by atomic mass is 9.91. The third kappa shape index (κ3) is 1.73. The van der Waals surface area contributed by atoms with Gasteiger partial charge in [-0.25, -0.2) is 0 Å². The molecule has 4 rings (SSSR count). The second kappa shape index (κ2) is 4.22. The maximum Gasteiger partial charge on any atom is 0.127 e. The van der Waals surface area contributed by atoms with Gasteiger partial charge in [-0.05, 0) is 24.5 Å². The van der Waals surface area contributed by atoms with Gasteiger partial charge in [0.25, 0.3) is 0 Å². The van der Waals surface area contributed by atoms with Crippen LogP contribution in [-0.4, -0.2) is 19.2 Å². The van der Waals surface area contributed by atoms with E-state index in [0.717, 1.165) is 6.04 Å². The largest absolute Gasteiger partial charge is 0.337 e. The van der Waals surface area contributed by atoms with Gasteiger partial charge in [-0.3, -0.25) is 0 Å². The number of rotatable bonds is 1. The maximum absolute atomic E-state index is 2.63. The predicted molar refractivity (Wildman–Crippen MR) is 87.4 cm³/mol. The van der Waals surface area contributed by atoms with Crippen LogP contribution in [0.4, 0.5) is 0 Å². The number of hydrogen-bond acceptors (Lipinski definition) is 0. The highest BCUT2D eigenvalue weighted by atomic mass is 28.3. The minimum atomic E-state index is -1.22. The first-order valence-electron chi connectivity index (χ1n) is 8.04. The third-order valence-electron chi connectivity index (χ3n) is 5.18. The van der Waals surface area contributed by atoms with E-state index in [0.29, 0.717) is 0 Å². The van der Waals surface area contributed by atoms with Gasteiger partial charge < -0.3 is 9.88 Å². The Morgan fingerprint density at radius 3 is 2.90 bits per heavy atom. The number of benzene rings is 1. The summed E-state index contributed by atoms with van der Waals surface area (Å²) >= 11 is 0. The molecule has 3 heteroatoms. The van der Waals surface area contributed by atoms with Crippen LogP contribution < -0.4 is 10.5 Å². The number of hydrogen-bond donors (Lipinski definition) is 1. The van der Waals surface area contributed by atoms with Crippen molar-refractivity contribution < 1.29 is 5.32 Å². The molecule has 0 saturated heterocycles. The van der Waals surface area contributed by atoms with E-state index in [2.05, 4.69) is 47.7 Å². The van der Waals surface area contributed by atoms with Crippen molar-refractivity contribution >= 4 is 24.2 Å². The first-order valence-corrected chi connectivity index (χ1v) is 11.5. The van der Waals surface area contributed by atoms with Crippen molar-refractivity contribution in [3.63, 3.8) is 0 Å². The molecule has 0 amide bonds. The van der Waals surface area contributed by atoms with Gasteiger partial charge in [0.2, 0.25) is 0 Å². The van der Waals surface area contributed by atoms with Gasteiger partial charge in [-0.2, -0.15) is 0 Å². The van der Waals surface area contributed by atoms with Crippen LogP contribution in [0.5, 0.6) is 0 Å². The Morgan fingerprint density at radius 1 is 1.25 bits per heavy atom. The topological polar surface area (TPSA) is 21.5 Å². The summed E-state index contributed by atoms with van der Waals surface area (Å²) in [7, 11) is -1.22. The Labute approximate surface area is 122 Å². The number of fused-ring (bicyclic) bond motifs is 3. The molecule has 1 atom stereocenters. The van der Waals surface area contributed by atoms with Gasteiger partial charge in [0.05, 0.1) is 26.9 Å². The molecular formula is C17H25N2Si+. The molecule has 0 radical (unpaired) electrons. The summed E-state index contributed by atoms with van der Waals surface area (Å²) in [5, 5.41) is 5.74. The molecule has 2 heterocycles. The number of nitrogens with zero attached hydrogens (tertiary/aromatic N) is 1. The molecule has 0 saturated carbocycles. The molecule has 0 fully saturated rings. The van der Waals surface area contributed by atoms with Crippen LogP contribution in [0.1, 0.15) is 30.1 Å². The van der Waals surface area contributed by atoms with Crippen molar-refractivity contribution in [1.29, 1.82) is 0 Å². The van der Waals surface area contributed by atoms with Crippen LogP contribution in [0, 0.1) is 0 Å². The van der Waals surface area contributed by atoms with Crippen molar-refractivity contribution in [2.45, 2.75) is 51.5 Å². The quantitative estimate of drug-likeness (QED) is 0.776. The molecule has 2 aliphatic rings. The molecule has 1 aromatic heterocycles. The van der Waals surface area contributed by atoms with Crippen LogP contribution in [-0.2, 0) is 13.0 Å². The molecular weight excluding hydrogens is 260 g/mol. The maximum atomic E-state index is 2.63. The summed E-state index contributed by atoms with van der Waals surface area (Å²) in [5.74, 6) is 0. The summed E-state index contributed by atoms with van der Waals surface area (Å²) in [6, 6.07) is 8.07. The van der Waals surface area contributed by atoms with Crippen molar-refractivity contribution in [3.05, 3.63) is 29.5 Å². The van der Waals surface area contributed by atoms with E-state index >= 15 is 0 Å². The number of aryl methyl sites for hydroxylation is 1. The molecule has 106 valence electrons. The third-order valence-corrected chi connectivity index (χ3v) is 7.22. The smallest absolute Gasteiger partial charge is 0.127 e. The Balaban J connectivity index is 2.01. The van der Waals surface area contributed by atoms with Crippen LogP contribution >= 0.6 is 0 Å². The van der Waals surface area contributed by atoms with Crippen LogP contribution in [0.3, 0.4) is 0 Å². The second-order valence-corrected chi connectivity index (χ2v) is 12.6. The van der Waals surface area contributed by atoms with E-state index in [4.69, 9.17) is 0 Å². The van der Waals surface area contributed by atoms with Gasteiger partial charge in [-0.1, -0.05) is 37.0 Å². The summed E-state index contributed by atoms with van der Waals surface area (Å²) in [5.41, 5.74) is 4.83. The van der Waals surface area contributed by atoms with Crippen LogP contribution in [0.25, 0.3) is 10.9 Å². The lowest BCUT2D eigenvalue weighted by Gasteiger charge is -2.27. The zero-order valence-corrected chi connectivity index (χ0v) is 13.9. The predicted octanol–water partition coefficient (Wildman–Crippen LogP) is 2.14. The molecule has 0 spiro atoms. The monoisotopic (exact) mass is 285 g/mol. The molecule has 2 aromatic rings. The highest BCUT2D eigenvalue weighted by Gasteiger charge is 2.33. The molecule has 2 nitrogen and oxygen atoms in total. The van der Waals surface area contributed by atoms with E-state index in [9.17, 15) is 0 Å². The molecule has 20 heavy (non-hydrogen) atoms. The van der Waals surface area contributed by atoms with E-state index in [-0.39, 0.29) is 0 Å². The fourth-order valence-corrected chi connectivity index (χ4v) is 5.27.